The molecule has 2 aromatic carbocycles. The number of benzene rings is 2. The number of pyridine rings is 1. The summed E-state index contributed by atoms with van der Waals surface area (Å²) in [6, 6.07) is 15.7. The van der Waals surface area contributed by atoms with Gasteiger partial charge in [-0.15, -0.1) is 0 Å². The first-order chi connectivity index (χ1) is 14.3. The summed E-state index contributed by atoms with van der Waals surface area (Å²) in [7, 11) is 1.90. The van der Waals surface area contributed by atoms with Crippen molar-refractivity contribution in [3.63, 3.8) is 0 Å². The van der Waals surface area contributed by atoms with Gasteiger partial charge in [0.15, 0.2) is 0 Å². The molecule has 0 unspecified atom stereocenters. The minimum absolute atomic E-state index is 0.135. The van der Waals surface area contributed by atoms with Crippen LogP contribution in [0.1, 0.15) is 40.1 Å². The summed E-state index contributed by atoms with van der Waals surface area (Å²) in [6.45, 7) is 6.03. The van der Waals surface area contributed by atoms with Crippen LogP contribution in [0.5, 0.6) is 0 Å². The maximum absolute atomic E-state index is 13.3. The van der Waals surface area contributed by atoms with Crippen molar-refractivity contribution in [1.82, 2.24) is 20.1 Å². The van der Waals surface area contributed by atoms with Gasteiger partial charge in [0, 0.05) is 33.7 Å². The molecule has 6 heteroatoms. The zero-order valence-electron chi connectivity index (χ0n) is 17.4. The Bertz CT molecular complexity index is 1240. The van der Waals surface area contributed by atoms with E-state index in [1.165, 1.54) is 5.56 Å². The van der Waals surface area contributed by atoms with Gasteiger partial charge in [-0.1, -0.05) is 45.8 Å². The van der Waals surface area contributed by atoms with Crippen molar-refractivity contribution in [1.29, 1.82) is 0 Å². The van der Waals surface area contributed by atoms with Gasteiger partial charge in [-0.25, -0.2) is 4.98 Å². The van der Waals surface area contributed by atoms with E-state index in [2.05, 4.69) is 45.4 Å². The fourth-order valence-electron chi connectivity index (χ4n) is 3.55. The number of nitrogens with one attached hydrogen (secondary N) is 1. The number of nitrogens with zero attached hydrogens (tertiary/aromatic N) is 3. The molecule has 0 radical (unpaired) electrons. The van der Waals surface area contributed by atoms with E-state index < -0.39 is 0 Å². The number of hydrogen-bond acceptors (Lipinski definition) is 3. The highest BCUT2D eigenvalue weighted by Gasteiger charge is 2.19. The summed E-state index contributed by atoms with van der Waals surface area (Å²) in [5.41, 5.74) is 6.37. The van der Waals surface area contributed by atoms with Crippen LogP contribution in [0.3, 0.4) is 0 Å². The molecule has 0 spiro atoms. The highest BCUT2D eigenvalue weighted by atomic mass is 79.9. The largest absolute Gasteiger partial charge is 0.345 e. The van der Waals surface area contributed by atoms with Crippen LogP contribution in [0.15, 0.2) is 59.2 Å². The Hall–Kier alpha value is -2.99. The monoisotopic (exact) mass is 462 g/mol. The summed E-state index contributed by atoms with van der Waals surface area (Å²) in [5, 5.41) is 8.23. The molecule has 0 bridgehead atoms. The molecular formula is C24H23BrN4O. The SMILES string of the molecule is Cc1ccc(-c2cc(C(=O)N[C@H](C)c3cnn(C)c3C)c3cc(Br)ccc3n2)cc1. The lowest BCUT2D eigenvalue weighted by atomic mass is 10.0. The molecule has 0 fully saturated rings. The maximum Gasteiger partial charge on any atom is 0.252 e. The number of halogens is 1. The Balaban J connectivity index is 1.77. The van der Waals surface area contributed by atoms with Crippen LogP contribution in [0.2, 0.25) is 0 Å². The van der Waals surface area contributed by atoms with Gasteiger partial charge >= 0.3 is 0 Å². The number of carbonyl (C=O) groups excluding carboxylic acids is 1. The molecule has 30 heavy (non-hydrogen) atoms. The van der Waals surface area contributed by atoms with Crippen LogP contribution in [0.4, 0.5) is 0 Å². The minimum atomic E-state index is -0.163. The zero-order valence-corrected chi connectivity index (χ0v) is 19.0. The third-order valence-corrected chi connectivity index (χ3v) is 5.94. The number of rotatable bonds is 4. The third-order valence-electron chi connectivity index (χ3n) is 5.45. The summed E-state index contributed by atoms with van der Waals surface area (Å²) < 4.78 is 2.72. The van der Waals surface area contributed by atoms with Gasteiger partial charge in [0.2, 0.25) is 0 Å². The average Bonchev–Trinajstić information content (AvgIpc) is 3.06. The van der Waals surface area contributed by atoms with Crippen LogP contribution in [-0.2, 0) is 7.05 Å². The highest BCUT2D eigenvalue weighted by molar-refractivity contribution is 9.10. The second-order valence-corrected chi connectivity index (χ2v) is 8.50. The van der Waals surface area contributed by atoms with Crippen LogP contribution < -0.4 is 5.32 Å². The van der Waals surface area contributed by atoms with E-state index in [4.69, 9.17) is 4.98 Å². The van der Waals surface area contributed by atoms with Crippen LogP contribution in [-0.4, -0.2) is 20.7 Å². The molecule has 4 aromatic rings. The van der Waals surface area contributed by atoms with Gasteiger partial charge < -0.3 is 5.32 Å². The van der Waals surface area contributed by atoms with Crippen molar-refractivity contribution in [2.24, 2.45) is 7.05 Å². The number of fused-ring (bicyclic) bond motifs is 1. The van der Waals surface area contributed by atoms with E-state index in [0.717, 1.165) is 37.9 Å². The predicted octanol–water partition coefficient (Wildman–Crippen LogP) is 5.51. The smallest absolute Gasteiger partial charge is 0.252 e. The summed E-state index contributed by atoms with van der Waals surface area (Å²) in [6.07, 6.45) is 1.80. The van der Waals surface area contributed by atoms with Crippen LogP contribution in [0.25, 0.3) is 22.2 Å². The molecule has 1 N–H and O–H groups in total. The Kier molecular flexibility index (Phi) is 5.43. The van der Waals surface area contributed by atoms with Gasteiger partial charge in [0.25, 0.3) is 5.91 Å². The fraction of sp³-hybridized carbons (Fsp3) is 0.208. The first-order valence-corrected chi connectivity index (χ1v) is 10.6. The van der Waals surface area contributed by atoms with Gasteiger partial charge in [-0.2, -0.15) is 5.10 Å². The molecule has 2 aromatic heterocycles. The summed E-state index contributed by atoms with van der Waals surface area (Å²) in [5.74, 6) is -0.135. The molecule has 1 atom stereocenters. The number of hydrogen-bond donors (Lipinski definition) is 1. The highest BCUT2D eigenvalue weighted by Crippen LogP contribution is 2.28. The maximum atomic E-state index is 13.3. The fourth-order valence-corrected chi connectivity index (χ4v) is 3.91. The lowest BCUT2D eigenvalue weighted by Crippen LogP contribution is -2.27. The average molecular weight is 463 g/mol. The van der Waals surface area contributed by atoms with Gasteiger partial charge in [-0.05, 0) is 45.0 Å². The lowest BCUT2D eigenvalue weighted by molar-refractivity contribution is 0.0941. The van der Waals surface area contributed by atoms with Crippen molar-refractivity contribution >= 4 is 32.7 Å². The van der Waals surface area contributed by atoms with Crippen molar-refractivity contribution in [2.45, 2.75) is 26.8 Å². The van der Waals surface area contributed by atoms with E-state index in [0.29, 0.717) is 5.56 Å². The standard InChI is InChI=1S/C24H23BrN4O/c1-14-5-7-17(8-6-14)23-12-20(19-11-18(25)9-10-22(19)28-23)24(30)27-15(2)21-13-26-29(4)16(21)3/h5-13,15H,1-4H3,(H,27,30)/t15-/m1/s1. The van der Waals surface area contributed by atoms with Crippen LogP contribution >= 0.6 is 15.9 Å². The Labute approximate surface area is 184 Å². The molecule has 0 aliphatic rings. The number of amides is 1. The molecule has 1 amide bonds. The van der Waals surface area contributed by atoms with E-state index >= 15 is 0 Å². The van der Waals surface area contributed by atoms with Crippen LogP contribution in [0, 0.1) is 13.8 Å². The Morgan fingerprint density at radius 1 is 1.10 bits per heavy atom. The minimum Gasteiger partial charge on any atom is -0.345 e. The summed E-state index contributed by atoms with van der Waals surface area (Å²) >= 11 is 3.52. The quantitative estimate of drug-likeness (QED) is 0.435. The molecule has 0 saturated heterocycles. The van der Waals surface area contributed by atoms with E-state index in [-0.39, 0.29) is 11.9 Å². The summed E-state index contributed by atoms with van der Waals surface area (Å²) in [4.78, 5) is 18.1. The molecule has 5 nitrogen and oxygen atoms in total. The van der Waals surface area contributed by atoms with Crippen molar-refractivity contribution in [3.8, 4) is 11.3 Å². The lowest BCUT2D eigenvalue weighted by Gasteiger charge is -2.16. The molecule has 2 heterocycles. The zero-order chi connectivity index (χ0) is 21.4. The molecule has 152 valence electrons. The molecule has 0 saturated carbocycles. The second kappa shape index (κ2) is 8.03. The third kappa shape index (κ3) is 3.87. The molecule has 0 aliphatic heterocycles. The topological polar surface area (TPSA) is 59.8 Å². The van der Waals surface area contributed by atoms with Gasteiger partial charge in [-0.3, -0.25) is 9.48 Å². The number of carbonyl (C=O) groups is 1. The normalized spacial score (nSPS) is 12.2. The first kappa shape index (κ1) is 20.3. The Morgan fingerprint density at radius 2 is 1.83 bits per heavy atom. The van der Waals surface area contributed by atoms with Gasteiger partial charge in [0.05, 0.1) is 29.0 Å². The first-order valence-electron chi connectivity index (χ1n) is 9.80. The van der Waals surface area contributed by atoms with Gasteiger partial charge in [0.1, 0.15) is 0 Å². The second-order valence-electron chi connectivity index (χ2n) is 7.59. The van der Waals surface area contributed by atoms with E-state index in [9.17, 15) is 4.79 Å². The van der Waals surface area contributed by atoms with Crippen molar-refractivity contribution in [3.05, 3.63) is 81.6 Å². The number of aromatic nitrogens is 3. The number of aryl methyl sites for hydroxylation is 2. The predicted molar refractivity (Wildman–Crippen MR) is 123 cm³/mol. The van der Waals surface area contributed by atoms with E-state index in [1.807, 2.05) is 62.0 Å². The van der Waals surface area contributed by atoms with Crippen molar-refractivity contribution < 1.29 is 4.79 Å². The molecule has 0 aliphatic carbocycles. The van der Waals surface area contributed by atoms with E-state index in [1.54, 1.807) is 6.20 Å². The molecule has 4 rings (SSSR count). The van der Waals surface area contributed by atoms with Crippen molar-refractivity contribution in [2.75, 3.05) is 0 Å². The molecular weight excluding hydrogens is 440 g/mol. The Morgan fingerprint density at radius 3 is 2.50 bits per heavy atom.